The van der Waals surface area contributed by atoms with Crippen molar-refractivity contribution in [3.8, 4) is 5.75 Å². The maximum atomic E-state index is 12.1. The Bertz CT molecular complexity index is 529. The number of methoxy groups -OCH3 is 1. The van der Waals surface area contributed by atoms with Crippen molar-refractivity contribution in [2.75, 3.05) is 20.2 Å². The van der Waals surface area contributed by atoms with Crippen molar-refractivity contribution in [2.24, 2.45) is 0 Å². The van der Waals surface area contributed by atoms with Crippen LogP contribution in [0.3, 0.4) is 0 Å². The maximum absolute atomic E-state index is 12.1. The predicted molar refractivity (Wildman–Crippen MR) is 67.4 cm³/mol. The first kappa shape index (κ1) is 13.4. The first-order valence-corrected chi connectivity index (χ1v) is 5.89. The summed E-state index contributed by atoms with van der Waals surface area (Å²) in [4.78, 5) is 36.7. The number of urea groups is 1. The molecule has 0 saturated carbocycles. The van der Waals surface area contributed by atoms with Crippen molar-refractivity contribution in [1.29, 1.82) is 0 Å². The number of hydrogen-bond donors (Lipinski definition) is 0. The average molecular weight is 283 g/mol. The van der Waals surface area contributed by atoms with E-state index in [0.717, 1.165) is 9.80 Å². The Kier molecular flexibility index (Phi) is 3.71. The number of halogens is 1. The molecule has 19 heavy (non-hydrogen) atoms. The zero-order chi connectivity index (χ0) is 14.0. The fraction of sp³-hybridized carbons (Fsp3) is 0.250. The van der Waals surface area contributed by atoms with Crippen LogP contribution in [0.5, 0.6) is 5.75 Å². The van der Waals surface area contributed by atoms with Crippen LogP contribution < -0.4 is 4.74 Å². The molecule has 0 atom stereocenters. The van der Waals surface area contributed by atoms with Crippen LogP contribution in [0, 0.1) is 0 Å². The van der Waals surface area contributed by atoms with Gasteiger partial charge in [-0.05, 0) is 35.9 Å². The summed E-state index contributed by atoms with van der Waals surface area (Å²) < 4.78 is 4.98. The number of amides is 4. The van der Waals surface area contributed by atoms with Gasteiger partial charge in [0.05, 0.1) is 7.11 Å². The minimum absolute atomic E-state index is 0.114. The summed E-state index contributed by atoms with van der Waals surface area (Å²) in [6.45, 7) is 0.255. The van der Waals surface area contributed by atoms with E-state index < -0.39 is 17.3 Å². The molecule has 1 aromatic carbocycles. The Morgan fingerprint density at radius 3 is 2.21 bits per heavy atom. The van der Waals surface area contributed by atoms with E-state index in [9.17, 15) is 14.4 Å². The molecule has 1 aliphatic rings. The number of nitrogens with zero attached hydrogens (tertiary/aromatic N) is 2. The third-order valence-corrected chi connectivity index (χ3v) is 3.01. The lowest BCUT2D eigenvalue weighted by atomic mass is 10.2. The van der Waals surface area contributed by atoms with Crippen LogP contribution in [0.4, 0.5) is 9.59 Å². The fourth-order valence-corrected chi connectivity index (χ4v) is 1.93. The van der Waals surface area contributed by atoms with Gasteiger partial charge in [-0.2, -0.15) is 0 Å². The molecular formula is C12H11ClN2O4. The Morgan fingerprint density at radius 2 is 1.74 bits per heavy atom. The van der Waals surface area contributed by atoms with Gasteiger partial charge in [0, 0.05) is 18.7 Å². The van der Waals surface area contributed by atoms with Crippen molar-refractivity contribution in [2.45, 2.75) is 0 Å². The molecule has 1 heterocycles. The molecule has 0 bridgehead atoms. The SMILES string of the molecule is COc1ccc(C(=O)N2CCN(C(=O)Cl)C2=O)cc1. The van der Waals surface area contributed by atoms with Gasteiger partial charge in [0.15, 0.2) is 0 Å². The Morgan fingerprint density at radius 1 is 1.16 bits per heavy atom. The summed E-state index contributed by atoms with van der Waals surface area (Å²) in [5.41, 5.74) is 0.345. The molecule has 100 valence electrons. The van der Waals surface area contributed by atoms with Gasteiger partial charge < -0.3 is 4.74 Å². The number of hydrogen-bond acceptors (Lipinski definition) is 4. The minimum atomic E-state index is -0.880. The molecular weight excluding hydrogens is 272 g/mol. The van der Waals surface area contributed by atoms with Crippen molar-refractivity contribution < 1.29 is 19.1 Å². The second kappa shape index (κ2) is 5.27. The topological polar surface area (TPSA) is 66.9 Å². The van der Waals surface area contributed by atoms with Gasteiger partial charge >= 0.3 is 11.4 Å². The molecule has 0 aromatic heterocycles. The molecule has 0 aliphatic carbocycles. The zero-order valence-electron chi connectivity index (χ0n) is 10.1. The van der Waals surface area contributed by atoms with E-state index in [4.69, 9.17) is 16.3 Å². The van der Waals surface area contributed by atoms with Gasteiger partial charge in [0.2, 0.25) is 0 Å². The smallest absolute Gasteiger partial charge is 0.334 e. The van der Waals surface area contributed by atoms with E-state index in [1.54, 1.807) is 24.3 Å². The molecule has 1 aliphatic heterocycles. The summed E-state index contributed by atoms with van der Waals surface area (Å²) in [7, 11) is 1.52. The van der Waals surface area contributed by atoms with Crippen molar-refractivity contribution >= 4 is 28.9 Å². The molecule has 7 heteroatoms. The van der Waals surface area contributed by atoms with Gasteiger partial charge in [-0.25, -0.2) is 9.69 Å². The maximum Gasteiger partial charge on any atom is 0.334 e. The quantitative estimate of drug-likeness (QED) is 0.614. The molecule has 1 saturated heterocycles. The zero-order valence-corrected chi connectivity index (χ0v) is 10.9. The summed E-state index contributed by atoms with van der Waals surface area (Å²) in [5, 5.41) is -0.880. The molecule has 6 nitrogen and oxygen atoms in total. The molecule has 1 fully saturated rings. The summed E-state index contributed by atoms with van der Waals surface area (Å²) in [6.07, 6.45) is 0. The van der Waals surface area contributed by atoms with Crippen LogP contribution in [-0.4, -0.2) is 47.3 Å². The monoisotopic (exact) mass is 282 g/mol. The van der Waals surface area contributed by atoms with Crippen LogP contribution in [0.15, 0.2) is 24.3 Å². The van der Waals surface area contributed by atoms with Gasteiger partial charge in [-0.1, -0.05) is 0 Å². The predicted octanol–water partition coefficient (Wildman–Crippen LogP) is 1.93. The Labute approximate surface area is 114 Å². The minimum Gasteiger partial charge on any atom is -0.497 e. The molecule has 0 unspecified atom stereocenters. The highest BCUT2D eigenvalue weighted by atomic mass is 35.5. The number of ether oxygens (including phenoxy) is 1. The number of rotatable bonds is 2. The average Bonchev–Trinajstić information content (AvgIpc) is 2.80. The third-order valence-electron chi connectivity index (χ3n) is 2.80. The largest absolute Gasteiger partial charge is 0.497 e. The lowest BCUT2D eigenvalue weighted by molar-refractivity contribution is 0.0825. The third kappa shape index (κ3) is 2.53. The van der Waals surface area contributed by atoms with E-state index in [1.165, 1.54) is 7.11 Å². The number of carbonyl (C=O) groups is 3. The van der Waals surface area contributed by atoms with Crippen LogP contribution in [-0.2, 0) is 0 Å². The van der Waals surface area contributed by atoms with Crippen molar-refractivity contribution in [3.05, 3.63) is 29.8 Å². The normalized spacial score (nSPS) is 14.7. The summed E-state index contributed by atoms with van der Waals surface area (Å²) in [5.74, 6) is 0.148. The van der Waals surface area contributed by atoms with Gasteiger partial charge in [0.25, 0.3) is 5.91 Å². The second-order valence-corrected chi connectivity index (χ2v) is 4.20. The van der Waals surface area contributed by atoms with Crippen LogP contribution >= 0.6 is 11.6 Å². The van der Waals surface area contributed by atoms with Crippen LogP contribution in [0.1, 0.15) is 10.4 Å². The highest BCUT2D eigenvalue weighted by Crippen LogP contribution is 2.17. The van der Waals surface area contributed by atoms with E-state index in [1.807, 2.05) is 0 Å². The van der Waals surface area contributed by atoms with Crippen molar-refractivity contribution in [3.63, 3.8) is 0 Å². The van der Waals surface area contributed by atoms with E-state index in [2.05, 4.69) is 0 Å². The van der Waals surface area contributed by atoms with Gasteiger partial charge in [0.1, 0.15) is 5.75 Å². The molecule has 4 amide bonds. The summed E-state index contributed by atoms with van der Waals surface area (Å²) in [6, 6.07) is 5.66. The van der Waals surface area contributed by atoms with Crippen molar-refractivity contribution in [1.82, 2.24) is 9.80 Å². The number of benzene rings is 1. The van der Waals surface area contributed by atoms with Gasteiger partial charge in [-0.15, -0.1) is 0 Å². The number of imide groups is 2. The number of carbonyl (C=O) groups excluding carboxylic acids is 3. The Hall–Kier alpha value is -2.08. The highest BCUT2D eigenvalue weighted by Gasteiger charge is 2.36. The lowest BCUT2D eigenvalue weighted by Gasteiger charge is -2.14. The summed E-state index contributed by atoms with van der Waals surface area (Å²) >= 11 is 5.25. The molecule has 0 N–H and O–H groups in total. The lowest BCUT2D eigenvalue weighted by Crippen LogP contribution is -2.37. The molecule has 0 spiro atoms. The van der Waals surface area contributed by atoms with E-state index >= 15 is 0 Å². The van der Waals surface area contributed by atoms with Crippen LogP contribution in [0.25, 0.3) is 0 Å². The Balaban J connectivity index is 2.16. The second-order valence-electron chi connectivity index (χ2n) is 3.87. The van der Waals surface area contributed by atoms with Crippen LogP contribution in [0.2, 0.25) is 0 Å². The molecule has 0 radical (unpaired) electrons. The fourth-order valence-electron chi connectivity index (χ4n) is 1.78. The standard InChI is InChI=1S/C12H11ClN2O4/c1-19-9-4-2-8(3-5-9)10(16)14-6-7-15(11(13)17)12(14)18/h2-5H,6-7H2,1H3. The van der Waals surface area contributed by atoms with Gasteiger partial charge in [-0.3, -0.25) is 14.5 Å². The van der Waals surface area contributed by atoms with E-state index in [-0.39, 0.29) is 13.1 Å². The first-order chi connectivity index (χ1) is 9.04. The molecule has 2 rings (SSSR count). The van der Waals surface area contributed by atoms with E-state index in [0.29, 0.717) is 11.3 Å². The first-order valence-electron chi connectivity index (χ1n) is 5.51. The molecule has 1 aromatic rings. The highest BCUT2D eigenvalue weighted by molar-refractivity contribution is 6.64.